The summed E-state index contributed by atoms with van der Waals surface area (Å²) < 4.78 is 29.0. The SMILES string of the molecule is CCC(C)c1ccc(S(=O)(=O)N2CCN(c3nc4ccccn4c3[N+](=O)[O-])CC2)cc1. The first-order valence-corrected chi connectivity index (χ1v) is 11.7. The first-order chi connectivity index (χ1) is 14.8. The molecule has 1 saturated heterocycles. The number of hydrogen-bond acceptors (Lipinski definition) is 6. The van der Waals surface area contributed by atoms with Gasteiger partial charge < -0.3 is 15.0 Å². The Morgan fingerprint density at radius 3 is 2.39 bits per heavy atom. The summed E-state index contributed by atoms with van der Waals surface area (Å²) in [6.07, 6.45) is 2.59. The van der Waals surface area contributed by atoms with Crippen LogP contribution in [-0.4, -0.2) is 53.2 Å². The van der Waals surface area contributed by atoms with Crippen LogP contribution in [-0.2, 0) is 10.0 Å². The minimum Gasteiger partial charge on any atom is -0.358 e. The third kappa shape index (κ3) is 3.88. The highest BCUT2D eigenvalue weighted by molar-refractivity contribution is 7.89. The molecule has 1 fully saturated rings. The standard InChI is InChI=1S/C21H25N5O4S/c1-3-16(2)17-7-9-18(10-8-17)31(29,30)24-14-12-23(13-15-24)20-21(26(27)28)25-11-5-4-6-19(25)22-20/h4-11,16H,3,12-15H2,1-2H3. The summed E-state index contributed by atoms with van der Waals surface area (Å²) in [5.41, 5.74) is 1.60. The Hall–Kier alpha value is -2.98. The average Bonchev–Trinajstić information content (AvgIpc) is 3.18. The molecule has 164 valence electrons. The van der Waals surface area contributed by atoms with Gasteiger partial charge in [-0.1, -0.05) is 32.0 Å². The maximum absolute atomic E-state index is 13.1. The number of rotatable bonds is 6. The van der Waals surface area contributed by atoms with E-state index in [1.807, 2.05) is 12.1 Å². The highest BCUT2D eigenvalue weighted by atomic mass is 32.2. The van der Waals surface area contributed by atoms with E-state index in [0.717, 1.165) is 12.0 Å². The van der Waals surface area contributed by atoms with Crippen molar-refractivity contribution in [2.45, 2.75) is 31.1 Å². The molecule has 0 aliphatic carbocycles. The van der Waals surface area contributed by atoms with E-state index in [1.54, 1.807) is 41.4 Å². The van der Waals surface area contributed by atoms with Gasteiger partial charge in [-0.3, -0.25) is 0 Å². The maximum atomic E-state index is 13.1. The number of benzene rings is 1. The lowest BCUT2D eigenvalue weighted by Gasteiger charge is -2.33. The number of aromatic nitrogens is 2. The normalized spacial score (nSPS) is 16.5. The number of piperazine rings is 1. The molecule has 1 aliphatic rings. The maximum Gasteiger partial charge on any atom is 0.372 e. The second-order valence-electron chi connectivity index (χ2n) is 7.71. The van der Waals surface area contributed by atoms with Crippen LogP contribution < -0.4 is 4.90 Å². The van der Waals surface area contributed by atoms with E-state index in [2.05, 4.69) is 18.8 Å². The molecule has 1 unspecified atom stereocenters. The van der Waals surface area contributed by atoms with Crippen molar-refractivity contribution in [1.82, 2.24) is 13.7 Å². The number of imidazole rings is 1. The fourth-order valence-corrected chi connectivity index (χ4v) is 5.27. The van der Waals surface area contributed by atoms with Crippen LogP contribution in [0.5, 0.6) is 0 Å². The topological polar surface area (TPSA) is 101 Å². The van der Waals surface area contributed by atoms with Gasteiger partial charge >= 0.3 is 5.82 Å². The van der Waals surface area contributed by atoms with Crippen molar-refractivity contribution in [3.63, 3.8) is 0 Å². The molecule has 3 aromatic rings. The lowest BCUT2D eigenvalue weighted by molar-refractivity contribution is -0.389. The monoisotopic (exact) mass is 443 g/mol. The third-order valence-corrected chi connectivity index (χ3v) is 7.81. The van der Waals surface area contributed by atoms with Crippen molar-refractivity contribution in [3.05, 3.63) is 64.3 Å². The van der Waals surface area contributed by atoms with E-state index in [9.17, 15) is 18.5 Å². The molecule has 10 heteroatoms. The molecule has 0 bridgehead atoms. The van der Waals surface area contributed by atoms with E-state index >= 15 is 0 Å². The van der Waals surface area contributed by atoms with Crippen LogP contribution in [0.4, 0.5) is 11.6 Å². The molecule has 1 aromatic carbocycles. The van der Waals surface area contributed by atoms with E-state index in [1.165, 1.54) is 8.71 Å². The van der Waals surface area contributed by atoms with E-state index in [0.29, 0.717) is 24.7 Å². The minimum atomic E-state index is -3.62. The van der Waals surface area contributed by atoms with E-state index in [-0.39, 0.29) is 29.6 Å². The quantitative estimate of drug-likeness (QED) is 0.428. The predicted octanol–water partition coefficient (Wildman–Crippen LogP) is 3.27. The van der Waals surface area contributed by atoms with Crippen LogP contribution in [0.25, 0.3) is 5.65 Å². The number of hydrogen-bond donors (Lipinski definition) is 0. The second kappa shape index (κ2) is 8.27. The third-order valence-electron chi connectivity index (χ3n) is 5.90. The molecule has 0 radical (unpaired) electrons. The second-order valence-corrected chi connectivity index (χ2v) is 9.65. The van der Waals surface area contributed by atoms with Gasteiger partial charge in [-0.15, -0.1) is 0 Å². The molecule has 0 amide bonds. The molecule has 2 aromatic heterocycles. The Bertz CT molecular complexity index is 1200. The molecular weight excluding hydrogens is 418 g/mol. The number of fused-ring (bicyclic) bond motifs is 1. The number of anilines is 1. The van der Waals surface area contributed by atoms with Crippen molar-refractivity contribution in [2.24, 2.45) is 0 Å². The predicted molar refractivity (Wildman–Crippen MR) is 118 cm³/mol. The van der Waals surface area contributed by atoms with Crippen LogP contribution in [0.2, 0.25) is 0 Å². The van der Waals surface area contributed by atoms with Crippen molar-refractivity contribution in [2.75, 3.05) is 31.1 Å². The Morgan fingerprint density at radius 1 is 1.10 bits per heavy atom. The van der Waals surface area contributed by atoms with Crippen LogP contribution >= 0.6 is 0 Å². The Morgan fingerprint density at radius 2 is 1.77 bits per heavy atom. The molecule has 3 heterocycles. The molecule has 31 heavy (non-hydrogen) atoms. The zero-order chi connectivity index (χ0) is 22.2. The number of nitro groups is 1. The lowest BCUT2D eigenvalue weighted by atomic mass is 9.99. The molecule has 1 atom stereocenters. The largest absolute Gasteiger partial charge is 0.372 e. The van der Waals surface area contributed by atoms with Crippen molar-refractivity contribution >= 4 is 27.3 Å². The average molecular weight is 444 g/mol. The summed E-state index contributed by atoms with van der Waals surface area (Å²) in [7, 11) is -3.62. The van der Waals surface area contributed by atoms with Gasteiger partial charge in [-0.25, -0.2) is 8.42 Å². The fraction of sp³-hybridized carbons (Fsp3) is 0.381. The van der Waals surface area contributed by atoms with E-state index < -0.39 is 14.9 Å². The molecule has 0 spiro atoms. The summed E-state index contributed by atoms with van der Waals surface area (Å²) in [5.74, 6) is 0.542. The van der Waals surface area contributed by atoms with Crippen molar-refractivity contribution in [1.29, 1.82) is 0 Å². The molecule has 0 N–H and O–H groups in total. The Labute approximate surface area is 181 Å². The molecule has 1 aliphatic heterocycles. The van der Waals surface area contributed by atoms with Gasteiger partial charge in [0, 0.05) is 32.2 Å². The fourth-order valence-electron chi connectivity index (χ4n) is 3.85. The van der Waals surface area contributed by atoms with Gasteiger partial charge in [0.2, 0.25) is 21.5 Å². The highest BCUT2D eigenvalue weighted by Gasteiger charge is 2.33. The lowest BCUT2D eigenvalue weighted by Crippen LogP contribution is -2.48. The summed E-state index contributed by atoms with van der Waals surface area (Å²) in [4.78, 5) is 17.7. The van der Waals surface area contributed by atoms with E-state index in [4.69, 9.17) is 0 Å². The number of nitrogens with zero attached hydrogens (tertiary/aromatic N) is 5. The summed E-state index contributed by atoms with van der Waals surface area (Å²) in [6.45, 7) is 5.34. The minimum absolute atomic E-state index is 0.104. The van der Waals surface area contributed by atoms with Gasteiger partial charge in [0.05, 0.1) is 11.1 Å². The first kappa shape index (κ1) is 21.3. The molecule has 4 rings (SSSR count). The van der Waals surface area contributed by atoms with Gasteiger partial charge in [0.25, 0.3) is 0 Å². The number of pyridine rings is 1. The van der Waals surface area contributed by atoms with Crippen molar-refractivity contribution < 1.29 is 13.3 Å². The van der Waals surface area contributed by atoms with Gasteiger partial charge in [-0.2, -0.15) is 13.7 Å². The Balaban J connectivity index is 1.53. The molecule has 9 nitrogen and oxygen atoms in total. The van der Waals surface area contributed by atoms with Gasteiger partial charge in [0.1, 0.15) is 0 Å². The van der Waals surface area contributed by atoms with Gasteiger partial charge in [-0.05, 0) is 41.0 Å². The van der Waals surface area contributed by atoms with Gasteiger partial charge in [0.15, 0.2) is 0 Å². The highest BCUT2D eigenvalue weighted by Crippen LogP contribution is 2.30. The molecule has 0 saturated carbocycles. The summed E-state index contributed by atoms with van der Waals surface area (Å²) in [5, 5.41) is 11.7. The zero-order valence-corrected chi connectivity index (χ0v) is 18.3. The zero-order valence-electron chi connectivity index (χ0n) is 17.5. The van der Waals surface area contributed by atoms with Crippen LogP contribution in [0.1, 0.15) is 31.7 Å². The smallest absolute Gasteiger partial charge is 0.358 e. The number of sulfonamides is 1. The van der Waals surface area contributed by atoms with Crippen LogP contribution in [0.3, 0.4) is 0 Å². The van der Waals surface area contributed by atoms with Crippen LogP contribution in [0.15, 0.2) is 53.6 Å². The molecular formula is C21H25N5O4S. The summed E-state index contributed by atoms with van der Waals surface area (Å²) >= 11 is 0. The van der Waals surface area contributed by atoms with Crippen LogP contribution in [0, 0.1) is 10.1 Å². The summed E-state index contributed by atoms with van der Waals surface area (Å²) in [6, 6.07) is 12.3. The van der Waals surface area contributed by atoms with Crippen molar-refractivity contribution in [3.8, 4) is 0 Å². The Kier molecular flexibility index (Phi) is 5.67. The first-order valence-electron chi connectivity index (χ1n) is 10.3.